The molecule has 128 valence electrons. The second-order valence-electron chi connectivity index (χ2n) is 7.35. The minimum atomic E-state index is 0.185. The summed E-state index contributed by atoms with van der Waals surface area (Å²) in [7, 11) is 0. The van der Waals surface area contributed by atoms with Crippen molar-refractivity contribution in [3.05, 3.63) is 59.9 Å². The number of rotatable bonds is 5. The summed E-state index contributed by atoms with van der Waals surface area (Å²) < 4.78 is 5.79. The van der Waals surface area contributed by atoms with Crippen molar-refractivity contribution in [2.45, 2.75) is 39.5 Å². The Morgan fingerprint density at radius 2 is 2.00 bits per heavy atom. The van der Waals surface area contributed by atoms with Gasteiger partial charge >= 0.3 is 0 Å². The Morgan fingerprint density at radius 3 is 2.67 bits per heavy atom. The molecule has 1 aliphatic heterocycles. The van der Waals surface area contributed by atoms with E-state index >= 15 is 0 Å². The number of likely N-dealkylation sites (tertiary alicyclic amines) is 1. The van der Waals surface area contributed by atoms with E-state index in [1.165, 1.54) is 5.56 Å². The van der Waals surface area contributed by atoms with Crippen LogP contribution in [-0.4, -0.2) is 29.0 Å². The van der Waals surface area contributed by atoms with Crippen LogP contribution in [0.1, 0.15) is 31.5 Å². The fourth-order valence-corrected chi connectivity index (χ4v) is 3.21. The third kappa shape index (κ3) is 4.34. The summed E-state index contributed by atoms with van der Waals surface area (Å²) in [5.41, 5.74) is 8.66. The van der Waals surface area contributed by atoms with Gasteiger partial charge in [0.25, 0.3) is 0 Å². The molecule has 1 aromatic heterocycles. The van der Waals surface area contributed by atoms with Crippen molar-refractivity contribution < 1.29 is 4.74 Å². The summed E-state index contributed by atoms with van der Waals surface area (Å²) in [4.78, 5) is 6.76. The monoisotopic (exact) mass is 325 g/mol. The lowest BCUT2D eigenvalue weighted by Gasteiger charge is -2.42. The van der Waals surface area contributed by atoms with Gasteiger partial charge in [0, 0.05) is 31.9 Å². The summed E-state index contributed by atoms with van der Waals surface area (Å²) in [6.07, 6.45) is 2.85. The average molecular weight is 325 g/mol. The largest absolute Gasteiger partial charge is 0.487 e. The summed E-state index contributed by atoms with van der Waals surface area (Å²) in [6.45, 7) is 8.11. The van der Waals surface area contributed by atoms with Crippen LogP contribution < -0.4 is 10.5 Å². The molecule has 4 nitrogen and oxygen atoms in total. The normalized spacial score (nSPS) is 20.7. The number of nitrogens with zero attached hydrogens (tertiary/aromatic N) is 2. The molecule has 1 aromatic carbocycles. The Kier molecular flexibility index (Phi) is 5.17. The number of hydrogen-bond donors (Lipinski definition) is 1. The molecule has 1 fully saturated rings. The minimum absolute atomic E-state index is 0.185. The first-order valence-corrected chi connectivity index (χ1v) is 8.62. The fraction of sp³-hybridized carbons (Fsp3) is 0.450. The molecular weight excluding hydrogens is 298 g/mol. The highest BCUT2D eigenvalue weighted by Gasteiger charge is 2.33. The Morgan fingerprint density at radius 1 is 1.21 bits per heavy atom. The number of piperidine rings is 1. The standard InChI is InChI=1S/C20H27N3O/c1-20(2)15-23(12-10-19(20)21)13-16-6-8-18(9-7-16)24-14-17-5-3-4-11-22-17/h3-9,11,19H,10,12-15,21H2,1-2H3. The van der Waals surface area contributed by atoms with Gasteiger partial charge in [0.1, 0.15) is 12.4 Å². The summed E-state index contributed by atoms with van der Waals surface area (Å²) in [5, 5.41) is 0. The molecule has 24 heavy (non-hydrogen) atoms. The number of aromatic nitrogens is 1. The van der Waals surface area contributed by atoms with Gasteiger partial charge in [-0.3, -0.25) is 9.88 Å². The highest BCUT2D eigenvalue weighted by molar-refractivity contribution is 5.27. The van der Waals surface area contributed by atoms with Gasteiger partial charge < -0.3 is 10.5 Å². The van der Waals surface area contributed by atoms with Crippen molar-refractivity contribution in [3.63, 3.8) is 0 Å². The zero-order valence-corrected chi connectivity index (χ0v) is 14.6. The van der Waals surface area contributed by atoms with Crippen LogP contribution in [0, 0.1) is 5.41 Å². The summed E-state index contributed by atoms with van der Waals surface area (Å²) >= 11 is 0. The smallest absolute Gasteiger partial charge is 0.130 e. The topological polar surface area (TPSA) is 51.4 Å². The predicted octanol–water partition coefficient (Wildman–Crippen LogP) is 3.22. The van der Waals surface area contributed by atoms with Crippen molar-refractivity contribution in [2.75, 3.05) is 13.1 Å². The molecule has 0 spiro atoms. The van der Waals surface area contributed by atoms with Crippen molar-refractivity contribution in [2.24, 2.45) is 11.1 Å². The van der Waals surface area contributed by atoms with E-state index in [1.807, 2.05) is 30.3 Å². The number of pyridine rings is 1. The molecule has 0 saturated carbocycles. The first-order chi connectivity index (χ1) is 11.5. The fourth-order valence-electron chi connectivity index (χ4n) is 3.21. The van der Waals surface area contributed by atoms with E-state index in [0.717, 1.165) is 37.5 Å². The summed E-state index contributed by atoms with van der Waals surface area (Å²) in [6, 6.07) is 14.5. The van der Waals surface area contributed by atoms with Crippen LogP contribution in [0.25, 0.3) is 0 Å². The van der Waals surface area contributed by atoms with Gasteiger partial charge in [0.2, 0.25) is 0 Å². The van der Waals surface area contributed by atoms with Crippen molar-refractivity contribution in [1.29, 1.82) is 0 Å². The van der Waals surface area contributed by atoms with Crippen LogP contribution in [-0.2, 0) is 13.2 Å². The molecule has 1 atom stereocenters. The van der Waals surface area contributed by atoms with E-state index in [9.17, 15) is 0 Å². The van der Waals surface area contributed by atoms with Crippen molar-refractivity contribution in [1.82, 2.24) is 9.88 Å². The van der Waals surface area contributed by atoms with Crippen LogP contribution in [0.4, 0.5) is 0 Å². The van der Waals surface area contributed by atoms with Gasteiger partial charge in [-0.25, -0.2) is 0 Å². The molecule has 1 unspecified atom stereocenters. The van der Waals surface area contributed by atoms with Gasteiger partial charge in [-0.2, -0.15) is 0 Å². The van der Waals surface area contributed by atoms with Crippen LogP contribution in [0.15, 0.2) is 48.7 Å². The first-order valence-electron chi connectivity index (χ1n) is 8.62. The van der Waals surface area contributed by atoms with Crippen molar-refractivity contribution >= 4 is 0 Å². The van der Waals surface area contributed by atoms with E-state index in [1.54, 1.807) is 6.20 Å². The molecular formula is C20H27N3O. The zero-order chi connectivity index (χ0) is 17.0. The van der Waals surface area contributed by atoms with E-state index in [0.29, 0.717) is 12.6 Å². The highest BCUT2D eigenvalue weighted by Crippen LogP contribution is 2.28. The third-order valence-electron chi connectivity index (χ3n) is 4.83. The lowest BCUT2D eigenvalue weighted by molar-refractivity contribution is 0.0898. The number of hydrogen-bond acceptors (Lipinski definition) is 4. The Hall–Kier alpha value is -1.91. The number of ether oxygens (including phenoxy) is 1. The van der Waals surface area contributed by atoms with Gasteiger partial charge in [-0.1, -0.05) is 32.0 Å². The average Bonchev–Trinajstić information content (AvgIpc) is 2.58. The van der Waals surface area contributed by atoms with Gasteiger partial charge in [-0.15, -0.1) is 0 Å². The molecule has 1 saturated heterocycles. The van der Waals surface area contributed by atoms with Gasteiger partial charge in [0.15, 0.2) is 0 Å². The third-order valence-corrected chi connectivity index (χ3v) is 4.83. The Labute approximate surface area is 144 Å². The van der Waals surface area contributed by atoms with E-state index in [2.05, 4.69) is 35.9 Å². The molecule has 2 N–H and O–H groups in total. The second-order valence-corrected chi connectivity index (χ2v) is 7.35. The number of benzene rings is 1. The second kappa shape index (κ2) is 7.32. The maximum absolute atomic E-state index is 6.22. The summed E-state index contributed by atoms with van der Waals surface area (Å²) in [5.74, 6) is 0.880. The zero-order valence-electron chi connectivity index (χ0n) is 14.6. The first kappa shape index (κ1) is 16.9. The van der Waals surface area contributed by atoms with Crippen LogP contribution in [0.3, 0.4) is 0 Å². The molecule has 2 aromatic rings. The quantitative estimate of drug-likeness (QED) is 0.917. The highest BCUT2D eigenvalue weighted by atomic mass is 16.5. The number of nitrogens with two attached hydrogens (primary N) is 1. The van der Waals surface area contributed by atoms with Crippen LogP contribution >= 0.6 is 0 Å². The lowest BCUT2D eigenvalue weighted by atomic mass is 9.79. The molecule has 4 heteroatoms. The van der Waals surface area contributed by atoms with Gasteiger partial charge in [-0.05, 0) is 41.7 Å². The SMILES string of the molecule is CC1(C)CN(Cc2ccc(OCc3ccccn3)cc2)CCC1N. The maximum Gasteiger partial charge on any atom is 0.130 e. The van der Waals surface area contributed by atoms with Crippen LogP contribution in [0.2, 0.25) is 0 Å². The maximum atomic E-state index is 6.22. The molecule has 0 bridgehead atoms. The predicted molar refractivity (Wildman–Crippen MR) is 96.7 cm³/mol. The molecule has 0 amide bonds. The van der Waals surface area contributed by atoms with Gasteiger partial charge in [0.05, 0.1) is 5.69 Å². The lowest BCUT2D eigenvalue weighted by Crippen LogP contribution is -2.52. The van der Waals surface area contributed by atoms with Crippen LogP contribution in [0.5, 0.6) is 5.75 Å². The molecule has 1 aliphatic rings. The van der Waals surface area contributed by atoms with E-state index in [-0.39, 0.29) is 5.41 Å². The Bertz CT molecular complexity index is 640. The molecule has 2 heterocycles. The Balaban J connectivity index is 1.53. The van der Waals surface area contributed by atoms with E-state index in [4.69, 9.17) is 10.5 Å². The molecule has 0 aliphatic carbocycles. The van der Waals surface area contributed by atoms with Crippen molar-refractivity contribution in [3.8, 4) is 5.75 Å². The molecule has 0 radical (unpaired) electrons. The van der Waals surface area contributed by atoms with E-state index < -0.39 is 0 Å². The molecule has 3 rings (SSSR count). The minimum Gasteiger partial charge on any atom is -0.487 e.